The van der Waals surface area contributed by atoms with Gasteiger partial charge in [0.05, 0.1) is 6.21 Å². The maximum absolute atomic E-state index is 12.2. The van der Waals surface area contributed by atoms with Gasteiger partial charge in [0.25, 0.3) is 5.91 Å². The van der Waals surface area contributed by atoms with Gasteiger partial charge in [-0.2, -0.15) is 5.10 Å². The third-order valence-corrected chi connectivity index (χ3v) is 5.29. The van der Waals surface area contributed by atoms with E-state index in [2.05, 4.69) is 61.6 Å². The van der Waals surface area contributed by atoms with Crippen LogP contribution in [0.25, 0.3) is 21.5 Å². The lowest BCUT2D eigenvalue weighted by Gasteiger charge is -2.19. The van der Waals surface area contributed by atoms with Crippen LogP contribution < -0.4 is 10.2 Å². The summed E-state index contributed by atoms with van der Waals surface area (Å²) >= 11 is 0. The van der Waals surface area contributed by atoms with Gasteiger partial charge in [-0.25, -0.2) is 5.43 Å². The summed E-state index contributed by atoms with van der Waals surface area (Å²) in [5.74, 6) is 0.355. The molecule has 0 atom stereocenters. The molecule has 0 bridgehead atoms. The van der Waals surface area contributed by atoms with Crippen molar-refractivity contribution in [3.05, 3.63) is 90.0 Å². The number of hydrogen-bond acceptors (Lipinski definition) is 3. The van der Waals surface area contributed by atoms with E-state index in [1.165, 1.54) is 5.56 Å². The van der Waals surface area contributed by atoms with E-state index in [-0.39, 0.29) is 17.9 Å². The number of amides is 1. The quantitative estimate of drug-likeness (QED) is 0.256. The third-order valence-electron chi connectivity index (χ3n) is 5.29. The molecule has 156 valence electrons. The molecular formula is C27H26N2O2. The zero-order chi connectivity index (χ0) is 21.8. The van der Waals surface area contributed by atoms with Gasteiger partial charge in [0.1, 0.15) is 5.75 Å². The summed E-state index contributed by atoms with van der Waals surface area (Å²) in [5.41, 5.74) is 4.85. The lowest BCUT2D eigenvalue weighted by atomic mass is 9.87. The number of carbonyl (C=O) groups is 1. The van der Waals surface area contributed by atoms with Gasteiger partial charge in [0, 0.05) is 5.56 Å². The Bertz CT molecular complexity index is 1200. The highest BCUT2D eigenvalue weighted by Crippen LogP contribution is 2.27. The van der Waals surface area contributed by atoms with E-state index in [4.69, 9.17) is 4.74 Å². The van der Waals surface area contributed by atoms with E-state index in [0.29, 0.717) is 5.75 Å². The Hall–Kier alpha value is -3.66. The number of fused-ring (bicyclic) bond motifs is 2. The Morgan fingerprint density at radius 1 is 0.903 bits per heavy atom. The SMILES string of the molecule is CC(C)(C)c1ccc(OCC(=O)NN=Cc2c3ccccc3cc3ccccc23)cc1. The minimum atomic E-state index is -0.305. The van der Waals surface area contributed by atoms with Gasteiger partial charge in [-0.3, -0.25) is 4.79 Å². The van der Waals surface area contributed by atoms with E-state index >= 15 is 0 Å². The van der Waals surface area contributed by atoms with Gasteiger partial charge < -0.3 is 4.74 Å². The summed E-state index contributed by atoms with van der Waals surface area (Å²) in [6.45, 7) is 6.39. The van der Waals surface area contributed by atoms with Crippen molar-refractivity contribution in [3.8, 4) is 5.75 Å². The monoisotopic (exact) mass is 410 g/mol. The number of carbonyl (C=O) groups excluding carboxylic acids is 1. The predicted octanol–water partition coefficient (Wildman–Crippen LogP) is 5.82. The lowest BCUT2D eigenvalue weighted by Crippen LogP contribution is -2.24. The first-order valence-corrected chi connectivity index (χ1v) is 10.4. The highest BCUT2D eigenvalue weighted by atomic mass is 16.5. The Labute approximate surface area is 182 Å². The molecule has 0 aliphatic carbocycles. The lowest BCUT2D eigenvalue weighted by molar-refractivity contribution is -0.123. The molecule has 4 aromatic rings. The molecule has 4 aromatic carbocycles. The summed E-state index contributed by atoms with van der Waals surface area (Å²) in [6.07, 6.45) is 1.71. The number of hydrazone groups is 1. The molecular weight excluding hydrogens is 384 g/mol. The fraction of sp³-hybridized carbons (Fsp3) is 0.185. The largest absolute Gasteiger partial charge is 0.484 e. The van der Waals surface area contributed by atoms with E-state index in [0.717, 1.165) is 27.1 Å². The van der Waals surface area contributed by atoms with Gasteiger partial charge in [-0.05, 0) is 50.7 Å². The van der Waals surface area contributed by atoms with Crippen LogP contribution in [0.1, 0.15) is 31.9 Å². The van der Waals surface area contributed by atoms with Crippen LogP contribution in [-0.4, -0.2) is 18.7 Å². The zero-order valence-electron chi connectivity index (χ0n) is 18.1. The number of hydrogen-bond donors (Lipinski definition) is 1. The fourth-order valence-electron chi connectivity index (χ4n) is 3.59. The van der Waals surface area contributed by atoms with Crippen molar-refractivity contribution in [2.24, 2.45) is 5.10 Å². The van der Waals surface area contributed by atoms with Gasteiger partial charge in [-0.15, -0.1) is 0 Å². The van der Waals surface area contributed by atoms with Crippen molar-refractivity contribution in [1.82, 2.24) is 5.43 Å². The molecule has 0 spiro atoms. The molecule has 31 heavy (non-hydrogen) atoms. The minimum absolute atomic E-state index is 0.0798. The maximum atomic E-state index is 12.2. The van der Waals surface area contributed by atoms with E-state index in [9.17, 15) is 4.79 Å². The standard InChI is InChI=1S/C27H26N2O2/c1-27(2,3)21-12-14-22(15-13-21)31-18-26(30)29-28-17-25-23-10-6-4-8-19(23)16-20-9-5-7-11-24(20)25/h4-17H,18H2,1-3H3,(H,29,30). The predicted molar refractivity (Wildman–Crippen MR) is 128 cm³/mol. The van der Waals surface area contributed by atoms with Crippen LogP contribution in [0.2, 0.25) is 0 Å². The van der Waals surface area contributed by atoms with Crippen LogP contribution in [0.15, 0.2) is 84.0 Å². The topological polar surface area (TPSA) is 50.7 Å². The van der Waals surface area contributed by atoms with Crippen molar-refractivity contribution < 1.29 is 9.53 Å². The van der Waals surface area contributed by atoms with Crippen LogP contribution >= 0.6 is 0 Å². The second-order valence-electron chi connectivity index (χ2n) is 8.59. The summed E-state index contributed by atoms with van der Waals surface area (Å²) in [7, 11) is 0. The van der Waals surface area contributed by atoms with Crippen LogP contribution in [-0.2, 0) is 10.2 Å². The highest BCUT2D eigenvalue weighted by Gasteiger charge is 2.13. The van der Waals surface area contributed by atoms with Crippen molar-refractivity contribution in [2.75, 3.05) is 6.61 Å². The van der Waals surface area contributed by atoms with Crippen LogP contribution in [0.4, 0.5) is 0 Å². The van der Waals surface area contributed by atoms with E-state index in [1.54, 1.807) is 6.21 Å². The first-order chi connectivity index (χ1) is 14.9. The number of benzene rings is 4. The van der Waals surface area contributed by atoms with Crippen LogP contribution in [0, 0.1) is 0 Å². The maximum Gasteiger partial charge on any atom is 0.277 e. The van der Waals surface area contributed by atoms with Gasteiger partial charge in [0.15, 0.2) is 6.61 Å². The van der Waals surface area contributed by atoms with Crippen LogP contribution in [0.3, 0.4) is 0 Å². The number of rotatable bonds is 5. The summed E-state index contributed by atoms with van der Waals surface area (Å²) < 4.78 is 5.59. The first-order valence-electron chi connectivity index (χ1n) is 10.4. The van der Waals surface area contributed by atoms with Crippen molar-refractivity contribution >= 4 is 33.7 Å². The molecule has 1 amide bonds. The average molecular weight is 411 g/mol. The van der Waals surface area contributed by atoms with Gasteiger partial charge in [0.2, 0.25) is 0 Å². The number of ether oxygens (including phenoxy) is 1. The Balaban J connectivity index is 1.45. The smallest absolute Gasteiger partial charge is 0.277 e. The van der Waals surface area contributed by atoms with Gasteiger partial charge >= 0.3 is 0 Å². The molecule has 0 fully saturated rings. The Morgan fingerprint density at radius 2 is 1.48 bits per heavy atom. The number of nitrogens with one attached hydrogen (secondary N) is 1. The molecule has 0 saturated heterocycles. The molecule has 4 heteroatoms. The van der Waals surface area contributed by atoms with Crippen molar-refractivity contribution in [1.29, 1.82) is 0 Å². The fourth-order valence-corrected chi connectivity index (χ4v) is 3.59. The minimum Gasteiger partial charge on any atom is -0.484 e. The molecule has 4 rings (SSSR count). The normalized spacial score (nSPS) is 11.8. The second kappa shape index (κ2) is 8.60. The van der Waals surface area contributed by atoms with E-state index in [1.807, 2.05) is 48.5 Å². The molecule has 0 unspecified atom stereocenters. The van der Waals surface area contributed by atoms with Crippen LogP contribution in [0.5, 0.6) is 5.75 Å². The van der Waals surface area contributed by atoms with Crippen molar-refractivity contribution in [2.45, 2.75) is 26.2 Å². The first kappa shape index (κ1) is 20.6. The third kappa shape index (κ3) is 4.75. The Morgan fingerprint density at radius 3 is 2.06 bits per heavy atom. The number of nitrogens with zero attached hydrogens (tertiary/aromatic N) is 1. The second-order valence-corrected chi connectivity index (χ2v) is 8.59. The average Bonchev–Trinajstić information content (AvgIpc) is 2.77. The molecule has 0 radical (unpaired) electrons. The summed E-state index contributed by atoms with van der Waals surface area (Å²) in [4.78, 5) is 12.2. The molecule has 0 saturated carbocycles. The molecule has 0 aliphatic rings. The Kier molecular flexibility index (Phi) is 5.72. The van der Waals surface area contributed by atoms with Gasteiger partial charge in [-0.1, -0.05) is 81.4 Å². The molecule has 4 nitrogen and oxygen atoms in total. The molecule has 0 heterocycles. The molecule has 1 N–H and O–H groups in total. The van der Waals surface area contributed by atoms with Crippen molar-refractivity contribution in [3.63, 3.8) is 0 Å². The van der Waals surface area contributed by atoms with E-state index < -0.39 is 0 Å². The highest BCUT2D eigenvalue weighted by molar-refractivity contribution is 6.13. The molecule has 0 aromatic heterocycles. The summed E-state index contributed by atoms with van der Waals surface area (Å²) in [5, 5.41) is 8.65. The zero-order valence-corrected chi connectivity index (χ0v) is 18.1. The molecule has 0 aliphatic heterocycles. The summed E-state index contributed by atoms with van der Waals surface area (Å²) in [6, 6.07) is 26.3.